The third kappa shape index (κ3) is 3.24. The highest BCUT2D eigenvalue weighted by atomic mass is 16.3. The standard InChI is InChI=1S/C16H22N6O/c1-11-6-14(9-23)20-16(19-11)21-7-12(2)22(13(3)8-21)15-4-5-17-10-18-15/h4-6,10,12-13,23H,7-9H2,1-3H3/t12-,13+. The molecule has 0 saturated carbocycles. The van der Waals surface area contributed by atoms with E-state index >= 15 is 0 Å². The van der Waals surface area contributed by atoms with Gasteiger partial charge in [0.1, 0.15) is 12.1 Å². The molecular weight excluding hydrogens is 292 g/mol. The highest BCUT2D eigenvalue weighted by Crippen LogP contribution is 2.24. The van der Waals surface area contributed by atoms with Gasteiger partial charge in [-0.15, -0.1) is 0 Å². The number of aryl methyl sites for hydroxylation is 1. The molecule has 122 valence electrons. The number of rotatable bonds is 3. The summed E-state index contributed by atoms with van der Waals surface area (Å²) in [6.07, 6.45) is 3.35. The van der Waals surface area contributed by atoms with Crippen molar-refractivity contribution >= 4 is 11.8 Å². The summed E-state index contributed by atoms with van der Waals surface area (Å²) in [5.41, 5.74) is 1.53. The van der Waals surface area contributed by atoms with Crippen LogP contribution in [-0.4, -0.2) is 50.2 Å². The van der Waals surface area contributed by atoms with Crippen LogP contribution in [0.1, 0.15) is 25.2 Å². The number of piperazine rings is 1. The Hall–Kier alpha value is -2.28. The van der Waals surface area contributed by atoms with Gasteiger partial charge in [0.2, 0.25) is 5.95 Å². The van der Waals surface area contributed by atoms with Crippen LogP contribution in [0.25, 0.3) is 0 Å². The molecule has 0 unspecified atom stereocenters. The van der Waals surface area contributed by atoms with Crippen LogP contribution in [0.15, 0.2) is 24.7 Å². The first-order chi connectivity index (χ1) is 11.1. The highest BCUT2D eigenvalue weighted by Gasteiger charge is 2.31. The maximum Gasteiger partial charge on any atom is 0.225 e. The fraction of sp³-hybridized carbons (Fsp3) is 0.500. The first-order valence-corrected chi connectivity index (χ1v) is 7.83. The number of hydrogen-bond acceptors (Lipinski definition) is 7. The zero-order valence-electron chi connectivity index (χ0n) is 13.7. The normalized spacial score (nSPS) is 21.6. The van der Waals surface area contributed by atoms with Gasteiger partial charge in [0, 0.05) is 37.1 Å². The number of aliphatic hydroxyl groups is 1. The first kappa shape index (κ1) is 15.6. The fourth-order valence-electron chi connectivity index (χ4n) is 3.21. The molecule has 3 rings (SSSR count). The summed E-state index contributed by atoms with van der Waals surface area (Å²) in [4.78, 5) is 21.8. The van der Waals surface area contributed by atoms with Crippen molar-refractivity contribution in [2.75, 3.05) is 22.9 Å². The average Bonchev–Trinajstić information content (AvgIpc) is 2.54. The van der Waals surface area contributed by atoms with Crippen molar-refractivity contribution in [2.45, 2.75) is 39.5 Å². The first-order valence-electron chi connectivity index (χ1n) is 7.83. The molecule has 0 bridgehead atoms. The van der Waals surface area contributed by atoms with E-state index in [1.807, 2.05) is 19.1 Å². The van der Waals surface area contributed by atoms with Gasteiger partial charge >= 0.3 is 0 Å². The topological polar surface area (TPSA) is 78.3 Å². The van der Waals surface area contributed by atoms with Crippen LogP contribution in [0.5, 0.6) is 0 Å². The third-order valence-electron chi connectivity index (χ3n) is 4.09. The monoisotopic (exact) mass is 314 g/mol. The molecule has 0 radical (unpaired) electrons. The predicted octanol–water partition coefficient (Wildman–Crippen LogP) is 1.17. The molecular formula is C16H22N6O. The quantitative estimate of drug-likeness (QED) is 0.911. The second-order valence-electron chi connectivity index (χ2n) is 6.04. The van der Waals surface area contributed by atoms with Gasteiger partial charge in [-0.05, 0) is 32.9 Å². The molecule has 7 nitrogen and oxygen atoms in total. The highest BCUT2D eigenvalue weighted by molar-refractivity contribution is 5.45. The molecule has 1 N–H and O–H groups in total. The minimum Gasteiger partial charge on any atom is -0.390 e. The van der Waals surface area contributed by atoms with Crippen molar-refractivity contribution in [3.05, 3.63) is 36.0 Å². The summed E-state index contributed by atoms with van der Waals surface area (Å²) in [5, 5.41) is 9.35. The third-order valence-corrected chi connectivity index (χ3v) is 4.09. The molecule has 7 heteroatoms. The Bertz CT molecular complexity index is 653. The van der Waals surface area contributed by atoms with Crippen LogP contribution in [0.4, 0.5) is 11.8 Å². The predicted molar refractivity (Wildman–Crippen MR) is 88.3 cm³/mol. The van der Waals surface area contributed by atoms with Crippen LogP contribution in [0.3, 0.4) is 0 Å². The molecule has 0 aromatic carbocycles. The number of aromatic nitrogens is 4. The molecule has 1 aliphatic heterocycles. The number of hydrogen-bond donors (Lipinski definition) is 1. The summed E-state index contributed by atoms with van der Waals surface area (Å²) in [7, 11) is 0. The van der Waals surface area contributed by atoms with Gasteiger partial charge in [0.05, 0.1) is 12.3 Å². The Morgan fingerprint density at radius 1 is 1.22 bits per heavy atom. The molecule has 23 heavy (non-hydrogen) atoms. The Balaban J connectivity index is 1.83. The van der Waals surface area contributed by atoms with E-state index in [0.717, 1.165) is 24.6 Å². The Morgan fingerprint density at radius 3 is 2.57 bits per heavy atom. The largest absolute Gasteiger partial charge is 0.390 e. The molecule has 2 aromatic heterocycles. The molecule has 0 spiro atoms. The summed E-state index contributed by atoms with van der Waals surface area (Å²) in [5.74, 6) is 1.64. The van der Waals surface area contributed by atoms with Crippen molar-refractivity contribution < 1.29 is 5.11 Å². The van der Waals surface area contributed by atoms with Gasteiger partial charge in [-0.25, -0.2) is 19.9 Å². The minimum absolute atomic E-state index is 0.0671. The molecule has 0 amide bonds. The van der Waals surface area contributed by atoms with E-state index in [0.29, 0.717) is 11.6 Å². The average molecular weight is 314 g/mol. The van der Waals surface area contributed by atoms with Crippen molar-refractivity contribution in [1.82, 2.24) is 19.9 Å². The second kappa shape index (κ2) is 6.45. The van der Waals surface area contributed by atoms with Crippen molar-refractivity contribution in [2.24, 2.45) is 0 Å². The van der Waals surface area contributed by atoms with Gasteiger partial charge < -0.3 is 14.9 Å². The van der Waals surface area contributed by atoms with Gasteiger partial charge in [-0.1, -0.05) is 0 Å². The molecule has 1 aliphatic rings. The number of aliphatic hydroxyl groups excluding tert-OH is 1. The van der Waals surface area contributed by atoms with Gasteiger partial charge in [0.15, 0.2) is 0 Å². The molecule has 0 aliphatic carbocycles. The van der Waals surface area contributed by atoms with E-state index < -0.39 is 0 Å². The minimum atomic E-state index is -0.0671. The van der Waals surface area contributed by atoms with Gasteiger partial charge in [-0.2, -0.15) is 0 Å². The van der Waals surface area contributed by atoms with Crippen LogP contribution in [0, 0.1) is 6.92 Å². The fourth-order valence-corrected chi connectivity index (χ4v) is 3.21. The zero-order chi connectivity index (χ0) is 16.4. The Labute approximate surface area is 136 Å². The lowest BCUT2D eigenvalue weighted by Gasteiger charge is -2.45. The molecule has 1 saturated heterocycles. The van der Waals surface area contributed by atoms with Crippen LogP contribution >= 0.6 is 0 Å². The lowest BCUT2D eigenvalue weighted by Crippen LogP contribution is -2.57. The molecule has 2 aromatic rings. The van der Waals surface area contributed by atoms with Crippen molar-refractivity contribution in [3.63, 3.8) is 0 Å². The summed E-state index contributed by atoms with van der Waals surface area (Å²) in [6.45, 7) is 7.82. The maximum absolute atomic E-state index is 9.35. The van der Waals surface area contributed by atoms with E-state index in [1.165, 1.54) is 0 Å². The van der Waals surface area contributed by atoms with Gasteiger partial charge in [-0.3, -0.25) is 0 Å². The Morgan fingerprint density at radius 2 is 1.96 bits per heavy atom. The summed E-state index contributed by atoms with van der Waals surface area (Å²) >= 11 is 0. The van der Waals surface area contributed by atoms with E-state index in [1.54, 1.807) is 12.5 Å². The number of anilines is 2. The number of nitrogens with zero attached hydrogens (tertiary/aromatic N) is 6. The Kier molecular flexibility index (Phi) is 4.38. The maximum atomic E-state index is 9.35. The molecule has 1 fully saturated rings. The van der Waals surface area contributed by atoms with Crippen LogP contribution < -0.4 is 9.80 Å². The van der Waals surface area contributed by atoms with Gasteiger partial charge in [0.25, 0.3) is 0 Å². The van der Waals surface area contributed by atoms with E-state index in [4.69, 9.17) is 0 Å². The van der Waals surface area contributed by atoms with Crippen LogP contribution in [-0.2, 0) is 6.61 Å². The summed E-state index contributed by atoms with van der Waals surface area (Å²) in [6, 6.07) is 4.30. The SMILES string of the molecule is Cc1cc(CO)nc(N2C[C@@H](C)N(c3ccncn3)[C@@H](C)C2)n1. The lowest BCUT2D eigenvalue weighted by atomic mass is 10.1. The van der Waals surface area contributed by atoms with Crippen molar-refractivity contribution in [1.29, 1.82) is 0 Å². The van der Waals surface area contributed by atoms with Crippen molar-refractivity contribution in [3.8, 4) is 0 Å². The van der Waals surface area contributed by atoms with E-state index in [-0.39, 0.29) is 18.7 Å². The molecule has 2 atom stereocenters. The van der Waals surface area contributed by atoms with E-state index in [9.17, 15) is 5.11 Å². The molecule has 3 heterocycles. The smallest absolute Gasteiger partial charge is 0.225 e. The van der Waals surface area contributed by atoms with E-state index in [2.05, 4.69) is 43.6 Å². The summed E-state index contributed by atoms with van der Waals surface area (Å²) < 4.78 is 0. The zero-order valence-corrected chi connectivity index (χ0v) is 13.7. The van der Waals surface area contributed by atoms with Crippen LogP contribution in [0.2, 0.25) is 0 Å². The lowest BCUT2D eigenvalue weighted by molar-refractivity contribution is 0.276. The second-order valence-corrected chi connectivity index (χ2v) is 6.04.